The van der Waals surface area contributed by atoms with Crippen LogP contribution in [0.25, 0.3) is 11.0 Å². The molecule has 3 aromatic rings. The molecule has 200 valence electrons. The number of anilines is 1. The van der Waals surface area contributed by atoms with E-state index >= 15 is 0 Å². The predicted octanol–water partition coefficient (Wildman–Crippen LogP) is 5.24. The third-order valence-electron chi connectivity index (χ3n) is 6.51. The minimum atomic E-state index is -0.617. The van der Waals surface area contributed by atoms with Crippen molar-refractivity contribution in [3.63, 3.8) is 0 Å². The van der Waals surface area contributed by atoms with Crippen molar-refractivity contribution in [1.29, 1.82) is 0 Å². The number of fused-ring (bicyclic) bond motifs is 1. The van der Waals surface area contributed by atoms with Crippen LogP contribution in [0.4, 0.5) is 5.69 Å². The van der Waals surface area contributed by atoms with E-state index in [-0.39, 0.29) is 36.5 Å². The molecule has 1 saturated heterocycles. The number of carbonyl (C=O) groups excluding carboxylic acids is 2. The summed E-state index contributed by atoms with van der Waals surface area (Å²) in [6.45, 7) is 5.60. The highest BCUT2D eigenvalue weighted by atomic mass is 16.5. The van der Waals surface area contributed by atoms with E-state index < -0.39 is 5.63 Å². The summed E-state index contributed by atoms with van der Waals surface area (Å²) in [6, 6.07) is 14.2. The van der Waals surface area contributed by atoms with Crippen molar-refractivity contribution in [2.75, 3.05) is 25.5 Å². The number of hydrogen-bond acceptors (Lipinski definition) is 7. The van der Waals surface area contributed by atoms with Crippen molar-refractivity contribution < 1.29 is 23.5 Å². The molecule has 4 rings (SSSR count). The lowest BCUT2D eigenvalue weighted by molar-refractivity contribution is -0.134. The number of piperidine rings is 1. The molecule has 1 unspecified atom stereocenters. The average molecular weight is 519 g/mol. The molecule has 0 radical (unpaired) electrons. The number of para-hydroxylation sites is 1. The number of ether oxygens (including phenoxy) is 2. The summed E-state index contributed by atoms with van der Waals surface area (Å²) < 4.78 is 17.1. The van der Waals surface area contributed by atoms with Crippen LogP contribution in [-0.4, -0.2) is 43.0 Å². The molecule has 8 heteroatoms. The number of likely N-dealkylation sites (tertiary alicyclic amines) is 1. The Morgan fingerprint density at radius 1 is 1.18 bits per heavy atom. The number of esters is 1. The SMILES string of the molecule is CC(=CCCC(=O)Oc1ccccc1)CC(=O)Nc1cc2ccc(OC3CCCN(C)C3)c(C)c2oc1=O. The minimum absolute atomic E-state index is 0.0868. The van der Waals surface area contributed by atoms with Crippen LogP contribution in [0, 0.1) is 6.92 Å². The maximum absolute atomic E-state index is 12.7. The highest BCUT2D eigenvalue weighted by molar-refractivity contribution is 5.94. The second-order valence-electron chi connectivity index (χ2n) is 9.80. The summed E-state index contributed by atoms with van der Waals surface area (Å²) in [5.74, 6) is 0.526. The molecule has 0 saturated carbocycles. The van der Waals surface area contributed by atoms with E-state index in [1.165, 1.54) is 0 Å². The van der Waals surface area contributed by atoms with Crippen LogP contribution < -0.4 is 20.4 Å². The summed E-state index contributed by atoms with van der Waals surface area (Å²) >= 11 is 0. The van der Waals surface area contributed by atoms with E-state index in [4.69, 9.17) is 13.9 Å². The van der Waals surface area contributed by atoms with E-state index in [9.17, 15) is 14.4 Å². The molecular formula is C30H34N2O6. The molecule has 8 nitrogen and oxygen atoms in total. The number of aryl methyl sites for hydroxylation is 1. The number of nitrogens with one attached hydrogen (secondary N) is 1. The van der Waals surface area contributed by atoms with Crippen molar-refractivity contribution >= 4 is 28.5 Å². The molecule has 1 amide bonds. The Morgan fingerprint density at radius 3 is 2.74 bits per heavy atom. The lowest BCUT2D eigenvalue weighted by atomic mass is 10.1. The second kappa shape index (κ2) is 12.6. The summed E-state index contributed by atoms with van der Waals surface area (Å²) in [7, 11) is 2.08. The van der Waals surface area contributed by atoms with E-state index in [1.807, 2.05) is 31.2 Å². The maximum Gasteiger partial charge on any atom is 0.360 e. The predicted molar refractivity (Wildman–Crippen MR) is 147 cm³/mol. The molecule has 0 spiro atoms. The molecule has 0 bridgehead atoms. The third kappa shape index (κ3) is 7.32. The molecule has 1 N–H and O–H groups in total. The summed E-state index contributed by atoms with van der Waals surface area (Å²) in [5, 5.41) is 3.36. The smallest absolute Gasteiger partial charge is 0.360 e. The van der Waals surface area contributed by atoms with Gasteiger partial charge in [0.05, 0.1) is 0 Å². The van der Waals surface area contributed by atoms with Crippen LogP contribution in [0.15, 0.2) is 69.4 Å². The lowest BCUT2D eigenvalue weighted by Gasteiger charge is -2.30. The van der Waals surface area contributed by atoms with Gasteiger partial charge in [0.25, 0.3) is 0 Å². The number of allylic oxidation sites excluding steroid dienone is 1. The quantitative estimate of drug-likeness (QED) is 0.179. The molecule has 1 aliphatic heterocycles. The standard InChI is InChI=1S/C30H34N2O6/c1-20(9-7-13-28(34)37-23-10-5-4-6-11-23)17-27(33)31-25-18-22-14-15-26(21(2)29(22)38-30(25)35)36-24-12-8-16-32(3)19-24/h4-6,9-11,14-15,18,24H,7-8,12-13,16-17,19H2,1-3H3,(H,31,33). The molecule has 2 aromatic carbocycles. The molecule has 1 fully saturated rings. The van der Waals surface area contributed by atoms with Gasteiger partial charge in [-0.2, -0.15) is 0 Å². The average Bonchev–Trinajstić information content (AvgIpc) is 2.87. The summed E-state index contributed by atoms with van der Waals surface area (Å²) in [6.07, 6.45) is 4.73. The molecule has 0 aliphatic carbocycles. The number of carbonyl (C=O) groups is 2. The second-order valence-corrected chi connectivity index (χ2v) is 9.80. The highest BCUT2D eigenvalue weighted by Crippen LogP contribution is 2.29. The number of likely N-dealkylation sites (N-methyl/N-ethyl adjacent to an activating group) is 1. The fraction of sp³-hybridized carbons (Fsp3) is 0.367. The number of nitrogens with zero attached hydrogens (tertiary/aromatic N) is 1. The largest absolute Gasteiger partial charge is 0.489 e. The Bertz CT molecular complexity index is 1380. The van der Waals surface area contributed by atoms with Crippen LogP contribution >= 0.6 is 0 Å². The van der Waals surface area contributed by atoms with Crippen molar-refractivity contribution in [3.05, 3.63) is 76.2 Å². The van der Waals surface area contributed by atoms with Gasteiger partial charge in [0.1, 0.15) is 28.9 Å². The van der Waals surface area contributed by atoms with Crippen LogP contribution in [0.5, 0.6) is 11.5 Å². The zero-order valence-corrected chi connectivity index (χ0v) is 22.1. The fourth-order valence-corrected chi connectivity index (χ4v) is 4.54. The number of hydrogen-bond donors (Lipinski definition) is 1. The van der Waals surface area contributed by atoms with E-state index in [0.29, 0.717) is 28.9 Å². The van der Waals surface area contributed by atoms with E-state index in [1.54, 1.807) is 37.3 Å². The van der Waals surface area contributed by atoms with Crippen LogP contribution in [0.2, 0.25) is 0 Å². The molecule has 1 aliphatic rings. The maximum atomic E-state index is 12.7. The van der Waals surface area contributed by atoms with Crippen LogP contribution in [0.1, 0.15) is 44.6 Å². The summed E-state index contributed by atoms with van der Waals surface area (Å²) in [5.41, 5.74) is 1.46. The molecular weight excluding hydrogens is 484 g/mol. The zero-order valence-electron chi connectivity index (χ0n) is 22.1. The van der Waals surface area contributed by atoms with Gasteiger partial charge in [-0.3, -0.25) is 9.59 Å². The van der Waals surface area contributed by atoms with Gasteiger partial charge in [-0.15, -0.1) is 0 Å². The Labute approximate surface area is 222 Å². The van der Waals surface area contributed by atoms with Crippen LogP contribution in [-0.2, 0) is 9.59 Å². The van der Waals surface area contributed by atoms with Gasteiger partial charge in [0.2, 0.25) is 5.91 Å². The normalized spacial score (nSPS) is 16.3. The van der Waals surface area contributed by atoms with Crippen molar-refractivity contribution in [1.82, 2.24) is 4.90 Å². The Balaban J connectivity index is 1.33. The van der Waals surface area contributed by atoms with Gasteiger partial charge in [-0.25, -0.2) is 4.79 Å². The first-order valence-corrected chi connectivity index (χ1v) is 12.9. The van der Waals surface area contributed by atoms with Gasteiger partial charge >= 0.3 is 11.6 Å². The Kier molecular flexibility index (Phi) is 8.97. The van der Waals surface area contributed by atoms with Gasteiger partial charge in [-0.05, 0) is 77.0 Å². The molecule has 1 aromatic heterocycles. The number of amides is 1. The first-order chi connectivity index (χ1) is 18.3. The Morgan fingerprint density at radius 2 is 1.97 bits per heavy atom. The van der Waals surface area contributed by atoms with E-state index in [0.717, 1.165) is 37.1 Å². The number of rotatable bonds is 9. The zero-order chi connectivity index (χ0) is 27.1. The van der Waals surface area contributed by atoms with Gasteiger partial charge < -0.3 is 24.1 Å². The van der Waals surface area contributed by atoms with Crippen molar-refractivity contribution in [2.24, 2.45) is 0 Å². The van der Waals surface area contributed by atoms with Crippen LogP contribution in [0.3, 0.4) is 0 Å². The molecule has 38 heavy (non-hydrogen) atoms. The topological polar surface area (TPSA) is 98.1 Å². The Hall–Kier alpha value is -3.91. The first-order valence-electron chi connectivity index (χ1n) is 12.9. The third-order valence-corrected chi connectivity index (χ3v) is 6.51. The van der Waals surface area contributed by atoms with Crippen molar-refractivity contribution in [3.8, 4) is 11.5 Å². The van der Waals surface area contributed by atoms with Crippen molar-refractivity contribution in [2.45, 2.75) is 52.1 Å². The molecule has 2 heterocycles. The van der Waals surface area contributed by atoms with E-state index in [2.05, 4.69) is 17.3 Å². The van der Waals surface area contributed by atoms with Gasteiger partial charge in [0.15, 0.2) is 0 Å². The first kappa shape index (κ1) is 27.1. The number of benzene rings is 2. The molecule has 1 atom stereocenters. The highest BCUT2D eigenvalue weighted by Gasteiger charge is 2.20. The monoisotopic (exact) mass is 518 g/mol. The van der Waals surface area contributed by atoms with Gasteiger partial charge in [0, 0.05) is 30.3 Å². The fourth-order valence-electron chi connectivity index (χ4n) is 4.54. The lowest BCUT2D eigenvalue weighted by Crippen LogP contribution is -2.38. The minimum Gasteiger partial charge on any atom is -0.489 e. The summed E-state index contributed by atoms with van der Waals surface area (Å²) in [4.78, 5) is 39.4. The van der Waals surface area contributed by atoms with Gasteiger partial charge in [-0.1, -0.05) is 29.8 Å².